The van der Waals surface area contributed by atoms with Gasteiger partial charge in [0.1, 0.15) is 0 Å². The molecule has 0 radical (unpaired) electrons. The molecule has 0 bridgehead atoms. The van der Waals surface area contributed by atoms with Crippen molar-refractivity contribution >= 4 is 11.9 Å². The van der Waals surface area contributed by atoms with E-state index in [0.717, 1.165) is 0 Å². The third kappa shape index (κ3) is 4.49. The van der Waals surface area contributed by atoms with Gasteiger partial charge in [0.2, 0.25) is 5.91 Å². The number of amides is 1. The highest BCUT2D eigenvalue weighted by Gasteiger charge is 2.04. The van der Waals surface area contributed by atoms with E-state index in [-0.39, 0.29) is 12.3 Å². The van der Waals surface area contributed by atoms with Crippen molar-refractivity contribution in [3.05, 3.63) is 12.7 Å². The molecule has 0 atom stereocenters. The average Bonchev–Trinajstić information content (AvgIpc) is 2.02. The van der Waals surface area contributed by atoms with Crippen molar-refractivity contribution in [1.82, 2.24) is 4.90 Å². The maximum atomic E-state index is 10.8. The highest BCUT2D eigenvalue weighted by Crippen LogP contribution is 1.93. The fourth-order valence-electron chi connectivity index (χ4n) is 0.733. The lowest BCUT2D eigenvalue weighted by Crippen LogP contribution is -2.25. The molecule has 0 aromatic heterocycles. The number of nitrogens with zero attached hydrogens (tertiary/aromatic N) is 1. The minimum absolute atomic E-state index is 0.0920. The Hall–Kier alpha value is -1.32. The summed E-state index contributed by atoms with van der Waals surface area (Å²) in [5.41, 5.74) is 0. The molecule has 4 heteroatoms. The van der Waals surface area contributed by atoms with Gasteiger partial charge in [0, 0.05) is 20.0 Å². The molecule has 0 aliphatic heterocycles. The van der Waals surface area contributed by atoms with Crippen LogP contribution in [0, 0.1) is 0 Å². The first kappa shape index (κ1) is 10.7. The summed E-state index contributed by atoms with van der Waals surface area (Å²) in [5, 5.41) is 8.30. The first-order valence-corrected chi connectivity index (χ1v) is 3.67. The summed E-state index contributed by atoms with van der Waals surface area (Å²) >= 11 is 0. The summed E-state index contributed by atoms with van der Waals surface area (Å²) in [5.74, 6) is -1.02. The quantitative estimate of drug-likeness (QED) is 0.612. The van der Waals surface area contributed by atoms with Crippen LogP contribution in [0.1, 0.15) is 12.8 Å². The van der Waals surface area contributed by atoms with Crippen molar-refractivity contribution in [3.63, 3.8) is 0 Å². The molecule has 0 aliphatic rings. The molecule has 0 saturated carbocycles. The van der Waals surface area contributed by atoms with E-state index < -0.39 is 5.97 Å². The number of carboxylic acid groups (broad SMARTS) is 1. The zero-order valence-corrected chi connectivity index (χ0v) is 7.12. The van der Waals surface area contributed by atoms with Gasteiger partial charge in [-0.2, -0.15) is 0 Å². The predicted molar refractivity (Wildman–Crippen MR) is 44.7 cm³/mol. The number of likely N-dealkylation sites (N-methyl/N-ethyl adjacent to an activating group) is 1. The Morgan fingerprint density at radius 2 is 2.17 bits per heavy atom. The third-order valence-electron chi connectivity index (χ3n) is 1.44. The van der Waals surface area contributed by atoms with Crippen LogP contribution >= 0.6 is 0 Å². The molecular formula is C8H13NO3. The number of aliphatic carboxylic acids is 1. The molecule has 68 valence electrons. The Bertz CT molecular complexity index is 189. The Kier molecular flexibility index (Phi) is 4.76. The van der Waals surface area contributed by atoms with E-state index in [1.165, 1.54) is 11.0 Å². The Labute approximate surface area is 71.5 Å². The minimum Gasteiger partial charge on any atom is -0.481 e. The van der Waals surface area contributed by atoms with Crippen LogP contribution in [0.3, 0.4) is 0 Å². The maximum Gasteiger partial charge on any atom is 0.303 e. The van der Waals surface area contributed by atoms with Gasteiger partial charge in [-0.25, -0.2) is 0 Å². The lowest BCUT2D eigenvalue weighted by atomic mass is 10.3. The summed E-state index contributed by atoms with van der Waals surface area (Å²) in [6.45, 7) is 3.77. The van der Waals surface area contributed by atoms with Crippen LogP contribution in [0.5, 0.6) is 0 Å². The lowest BCUT2D eigenvalue weighted by Gasteiger charge is -2.13. The van der Waals surface area contributed by atoms with Gasteiger partial charge in [-0.3, -0.25) is 9.59 Å². The van der Waals surface area contributed by atoms with Crippen LogP contribution in [0.25, 0.3) is 0 Å². The molecular weight excluding hydrogens is 158 g/mol. The van der Waals surface area contributed by atoms with Gasteiger partial charge in [-0.15, -0.1) is 0 Å². The molecule has 0 aliphatic carbocycles. The topological polar surface area (TPSA) is 57.6 Å². The SMILES string of the molecule is C=CC(=O)N(C)CCCC(=O)O. The maximum absolute atomic E-state index is 10.8. The Morgan fingerprint density at radius 3 is 2.58 bits per heavy atom. The fraction of sp³-hybridized carbons (Fsp3) is 0.500. The summed E-state index contributed by atoms with van der Waals surface area (Å²) in [4.78, 5) is 22.4. The first-order chi connectivity index (χ1) is 5.57. The predicted octanol–water partition coefficient (Wildman–Crippen LogP) is 0.496. The molecule has 1 amide bonds. The van der Waals surface area contributed by atoms with Crippen LogP contribution in [0.15, 0.2) is 12.7 Å². The van der Waals surface area contributed by atoms with Gasteiger partial charge in [0.15, 0.2) is 0 Å². The second-order valence-electron chi connectivity index (χ2n) is 2.46. The van der Waals surface area contributed by atoms with Gasteiger partial charge in [0.05, 0.1) is 0 Å². The van der Waals surface area contributed by atoms with Crippen LogP contribution in [-0.4, -0.2) is 35.5 Å². The number of rotatable bonds is 5. The molecule has 0 aromatic carbocycles. The second kappa shape index (κ2) is 5.35. The van der Waals surface area contributed by atoms with Crippen LogP contribution in [0.4, 0.5) is 0 Å². The fourth-order valence-corrected chi connectivity index (χ4v) is 0.733. The molecule has 4 nitrogen and oxygen atoms in total. The smallest absolute Gasteiger partial charge is 0.303 e. The average molecular weight is 171 g/mol. The number of carboxylic acids is 1. The molecule has 0 rings (SSSR count). The van der Waals surface area contributed by atoms with Gasteiger partial charge in [-0.1, -0.05) is 6.58 Å². The number of hydrogen-bond donors (Lipinski definition) is 1. The van der Waals surface area contributed by atoms with E-state index in [9.17, 15) is 9.59 Å². The van der Waals surface area contributed by atoms with E-state index in [2.05, 4.69) is 6.58 Å². The molecule has 1 N–H and O–H groups in total. The highest BCUT2D eigenvalue weighted by molar-refractivity contribution is 5.86. The van der Waals surface area contributed by atoms with Gasteiger partial charge < -0.3 is 10.0 Å². The molecule has 0 saturated heterocycles. The van der Waals surface area contributed by atoms with Gasteiger partial charge in [-0.05, 0) is 12.5 Å². The molecule has 0 spiro atoms. The molecule has 0 unspecified atom stereocenters. The molecule has 0 fully saturated rings. The summed E-state index contributed by atoms with van der Waals surface area (Å²) in [6, 6.07) is 0. The van der Waals surface area contributed by atoms with E-state index in [0.29, 0.717) is 13.0 Å². The molecule has 0 heterocycles. The van der Waals surface area contributed by atoms with Crippen LogP contribution < -0.4 is 0 Å². The van der Waals surface area contributed by atoms with Crippen molar-refractivity contribution in [2.24, 2.45) is 0 Å². The number of carbonyl (C=O) groups is 2. The van der Waals surface area contributed by atoms with Gasteiger partial charge >= 0.3 is 5.97 Å². The Balaban J connectivity index is 3.56. The highest BCUT2D eigenvalue weighted by atomic mass is 16.4. The van der Waals surface area contributed by atoms with Crippen molar-refractivity contribution in [1.29, 1.82) is 0 Å². The molecule has 12 heavy (non-hydrogen) atoms. The van der Waals surface area contributed by atoms with Crippen molar-refractivity contribution in [3.8, 4) is 0 Å². The minimum atomic E-state index is -0.838. The second-order valence-corrected chi connectivity index (χ2v) is 2.46. The van der Waals surface area contributed by atoms with Crippen LogP contribution in [0.2, 0.25) is 0 Å². The zero-order valence-electron chi connectivity index (χ0n) is 7.12. The summed E-state index contributed by atoms with van der Waals surface area (Å²) in [7, 11) is 1.62. The van der Waals surface area contributed by atoms with E-state index in [1.54, 1.807) is 7.05 Å². The lowest BCUT2D eigenvalue weighted by molar-refractivity contribution is -0.137. The number of carbonyl (C=O) groups excluding carboxylic acids is 1. The normalized spacial score (nSPS) is 9.08. The van der Waals surface area contributed by atoms with Crippen molar-refractivity contribution in [2.75, 3.05) is 13.6 Å². The monoisotopic (exact) mass is 171 g/mol. The summed E-state index contributed by atoms with van der Waals surface area (Å²) in [6.07, 6.45) is 1.78. The van der Waals surface area contributed by atoms with Crippen LogP contribution in [-0.2, 0) is 9.59 Å². The first-order valence-electron chi connectivity index (χ1n) is 3.67. The third-order valence-corrected chi connectivity index (χ3v) is 1.44. The zero-order chi connectivity index (χ0) is 9.56. The Morgan fingerprint density at radius 1 is 1.58 bits per heavy atom. The van der Waals surface area contributed by atoms with Crippen molar-refractivity contribution < 1.29 is 14.7 Å². The van der Waals surface area contributed by atoms with Gasteiger partial charge in [0.25, 0.3) is 0 Å². The number of hydrogen-bond acceptors (Lipinski definition) is 2. The molecule has 0 aromatic rings. The largest absolute Gasteiger partial charge is 0.481 e. The van der Waals surface area contributed by atoms with E-state index in [1.807, 2.05) is 0 Å². The standard InChI is InChI=1S/C8H13NO3/c1-3-7(10)9(2)6-4-5-8(11)12/h3H,1,4-6H2,2H3,(H,11,12). The van der Waals surface area contributed by atoms with E-state index in [4.69, 9.17) is 5.11 Å². The van der Waals surface area contributed by atoms with Crippen molar-refractivity contribution in [2.45, 2.75) is 12.8 Å². The summed E-state index contributed by atoms with van der Waals surface area (Å²) < 4.78 is 0. The van der Waals surface area contributed by atoms with E-state index >= 15 is 0 Å².